The topological polar surface area (TPSA) is 24.1 Å². The Balaban J connectivity index is 1.67. The van der Waals surface area contributed by atoms with Crippen molar-refractivity contribution in [1.29, 1.82) is 0 Å². The fourth-order valence-electron chi connectivity index (χ4n) is 3.01. The number of hydrogen-bond acceptors (Lipinski definition) is 2. The van der Waals surface area contributed by atoms with E-state index in [0.29, 0.717) is 0 Å². The summed E-state index contributed by atoms with van der Waals surface area (Å²) in [4.78, 5) is 0. The van der Waals surface area contributed by atoms with E-state index in [-0.39, 0.29) is 0 Å². The molecule has 1 saturated heterocycles. The third-order valence-electron chi connectivity index (χ3n) is 4.43. The number of benzene rings is 1. The Hall–Kier alpha value is -0.860. The first kappa shape index (κ1) is 12.2. The molecule has 1 heterocycles. The number of hydrogen-bond donors (Lipinski definition) is 2. The molecular weight excluding hydrogens is 220 g/mol. The Morgan fingerprint density at radius 1 is 1.22 bits per heavy atom. The molecule has 1 aromatic carbocycles. The Bertz CT molecular complexity index is 378. The molecule has 0 spiro atoms. The molecule has 97 valence electrons. The molecule has 1 saturated carbocycles. The number of piperidine rings is 1. The van der Waals surface area contributed by atoms with Crippen molar-refractivity contribution in [3.8, 4) is 0 Å². The van der Waals surface area contributed by atoms with Crippen molar-refractivity contribution in [2.24, 2.45) is 0 Å². The van der Waals surface area contributed by atoms with Crippen LogP contribution in [0.25, 0.3) is 0 Å². The molecule has 0 amide bonds. The standard InChI is InChI=1S/C16H23N2/c1-2-7-16(13-8-10-17-11-9-13)14(4-1)12-18-15-5-3-6-15/h1-2,7,13,15,17-18H,3,5-6,8-12H2. The van der Waals surface area contributed by atoms with Crippen molar-refractivity contribution in [3.05, 3.63) is 35.4 Å². The minimum atomic E-state index is 0.738. The predicted octanol–water partition coefficient (Wildman–Crippen LogP) is 2.60. The molecule has 2 N–H and O–H groups in total. The Morgan fingerprint density at radius 3 is 2.78 bits per heavy atom. The highest BCUT2D eigenvalue weighted by atomic mass is 14.9. The van der Waals surface area contributed by atoms with E-state index in [4.69, 9.17) is 0 Å². The van der Waals surface area contributed by atoms with Crippen LogP contribution in [0.3, 0.4) is 0 Å². The molecule has 2 aliphatic rings. The zero-order valence-corrected chi connectivity index (χ0v) is 11.0. The maximum atomic E-state index is 3.67. The SMILES string of the molecule is [c]1cccc(C2CCNCC2)c1CNC1CCC1. The summed E-state index contributed by atoms with van der Waals surface area (Å²) in [6.07, 6.45) is 6.66. The zero-order valence-electron chi connectivity index (χ0n) is 11.0. The lowest BCUT2D eigenvalue weighted by molar-refractivity contribution is 0.337. The highest BCUT2D eigenvalue weighted by Gasteiger charge is 2.20. The second-order valence-electron chi connectivity index (χ2n) is 5.64. The first-order chi connectivity index (χ1) is 8.93. The van der Waals surface area contributed by atoms with Gasteiger partial charge in [0.2, 0.25) is 0 Å². The smallest absolute Gasteiger partial charge is 0.0217 e. The van der Waals surface area contributed by atoms with Gasteiger partial charge in [-0.25, -0.2) is 0 Å². The van der Waals surface area contributed by atoms with Gasteiger partial charge in [-0.2, -0.15) is 0 Å². The molecule has 2 fully saturated rings. The monoisotopic (exact) mass is 243 g/mol. The van der Waals surface area contributed by atoms with Gasteiger partial charge in [0.1, 0.15) is 0 Å². The third kappa shape index (κ3) is 2.76. The number of rotatable bonds is 4. The molecule has 1 aromatic rings. The molecule has 2 nitrogen and oxygen atoms in total. The maximum absolute atomic E-state index is 3.67. The van der Waals surface area contributed by atoms with Crippen molar-refractivity contribution in [3.63, 3.8) is 0 Å². The molecule has 0 aromatic heterocycles. The van der Waals surface area contributed by atoms with Gasteiger partial charge in [-0.1, -0.05) is 24.6 Å². The lowest BCUT2D eigenvalue weighted by atomic mass is 9.86. The summed E-state index contributed by atoms with van der Waals surface area (Å²) in [6, 6.07) is 10.7. The van der Waals surface area contributed by atoms with Crippen LogP contribution in [0.5, 0.6) is 0 Å². The molecular formula is C16H23N2. The Kier molecular flexibility index (Phi) is 3.96. The van der Waals surface area contributed by atoms with Gasteiger partial charge in [0.15, 0.2) is 0 Å². The van der Waals surface area contributed by atoms with E-state index in [1.807, 2.05) is 0 Å². The van der Waals surface area contributed by atoms with Crippen molar-refractivity contribution in [2.75, 3.05) is 13.1 Å². The van der Waals surface area contributed by atoms with Gasteiger partial charge in [0.25, 0.3) is 0 Å². The van der Waals surface area contributed by atoms with E-state index in [2.05, 4.69) is 34.9 Å². The van der Waals surface area contributed by atoms with Gasteiger partial charge in [0.05, 0.1) is 0 Å². The Morgan fingerprint density at radius 2 is 2.06 bits per heavy atom. The second kappa shape index (κ2) is 5.85. The molecule has 18 heavy (non-hydrogen) atoms. The van der Waals surface area contributed by atoms with E-state index in [9.17, 15) is 0 Å². The van der Waals surface area contributed by atoms with E-state index < -0.39 is 0 Å². The summed E-state index contributed by atoms with van der Waals surface area (Å²) < 4.78 is 0. The van der Waals surface area contributed by atoms with Crippen LogP contribution in [-0.2, 0) is 6.54 Å². The zero-order chi connectivity index (χ0) is 12.2. The van der Waals surface area contributed by atoms with Crippen LogP contribution in [0.15, 0.2) is 18.2 Å². The van der Waals surface area contributed by atoms with Crippen LogP contribution in [-0.4, -0.2) is 19.1 Å². The molecule has 1 aliphatic heterocycles. The van der Waals surface area contributed by atoms with Gasteiger partial charge in [0, 0.05) is 12.6 Å². The van der Waals surface area contributed by atoms with E-state index in [1.165, 1.54) is 43.2 Å². The number of nitrogens with one attached hydrogen (secondary N) is 2. The van der Waals surface area contributed by atoms with Gasteiger partial charge in [-0.3, -0.25) is 0 Å². The summed E-state index contributed by atoms with van der Waals surface area (Å²) in [5, 5.41) is 7.11. The van der Waals surface area contributed by atoms with E-state index in [0.717, 1.165) is 31.6 Å². The Labute approximate surface area is 110 Å². The summed E-state index contributed by atoms with van der Waals surface area (Å²) in [5.41, 5.74) is 2.93. The second-order valence-corrected chi connectivity index (χ2v) is 5.64. The molecule has 3 rings (SSSR count). The van der Waals surface area contributed by atoms with Crippen LogP contribution in [0, 0.1) is 6.07 Å². The first-order valence-electron chi connectivity index (χ1n) is 7.37. The van der Waals surface area contributed by atoms with Crippen molar-refractivity contribution in [2.45, 2.75) is 50.6 Å². The van der Waals surface area contributed by atoms with Crippen LogP contribution in [0.1, 0.15) is 49.1 Å². The van der Waals surface area contributed by atoms with Gasteiger partial charge in [-0.05, 0) is 61.9 Å². The van der Waals surface area contributed by atoms with Gasteiger partial charge < -0.3 is 10.6 Å². The van der Waals surface area contributed by atoms with Crippen molar-refractivity contribution < 1.29 is 0 Å². The van der Waals surface area contributed by atoms with Crippen LogP contribution in [0.4, 0.5) is 0 Å². The molecule has 2 heteroatoms. The van der Waals surface area contributed by atoms with Crippen molar-refractivity contribution >= 4 is 0 Å². The quantitative estimate of drug-likeness (QED) is 0.849. The van der Waals surface area contributed by atoms with Gasteiger partial charge >= 0.3 is 0 Å². The minimum Gasteiger partial charge on any atom is -0.317 e. The molecule has 0 atom stereocenters. The summed E-state index contributed by atoms with van der Waals surface area (Å²) in [7, 11) is 0. The normalized spacial score (nSPS) is 21.8. The molecule has 1 radical (unpaired) electrons. The lowest BCUT2D eigenvalue weighted by Crippen LogP contribution is -2.35. The maximum Gasteiger partial charge on any atom is 0.0217 e. The average Bonchev–Trinajstić information content (AvgIpc) is 2.39. The van der Waals surface area contributed by atoms with Crippen LogP contribution >= 0.6 is 0 Å². The summed E-state index contributed by atoms with van der Waals surface area (Å²) >= 11 is 0. The highest BCUT2D eigenvalue weighted by Crippen LogP contribution is 2.28. The summed E-state index contributed by atoms with van der Waals surface area (Å²) in [6.45, 7) is 3.33. The highest BCUT2D eigenvalue weighted by molar-refractivity contribution is 5.30. The average molecular weight is 243 g/mol. The van der Waals surface area contributed by atoms with Crippen LogP contribution in [0.2, 0.25) is 0 Å². The van der Waals surface area contributed by atoms with E-state index >= 15 is 0 Å². The van der Waals surface area contributed by atoms with Crippen molar-refractivity contribution in [1.82, 2.24) is 10.6 Å². The molecule has 1 aliphatic carbocycles. The molecule has 0 bridgehead atoms. The third-order valence-corrected chi connectivity index (χ3v) is 4.43. The first-order valence-corrected chi connectivity index (χ1v) is 7.37. The largest absolute Gasteiger partial charge is 0.317 e. The fraction of sp³-hybridized carbons (Fsp3) is 0.625. The predicted molar refractivity (Wildman–Crippen MR) is 74.6 cm³/mol. The van der Waals surface area contributed by atoms with E-state index in [1.54, 1.807) is 0 Å². The summed E-state index contributed by atoms with van der Waals surface area (Å²) in [5.74, 6) is 0.738. The fourth-order valence-corrected chi connectivity index (χ4v) is 3.01. The molecule has 0 unspecified atom stereocenters. The minimum absolute atomic E-state index is 0.738. The lowest BCUT2D eigenvalue weighted by Gasteiger charge is -2.29. The van der Waals surface area contributed by atoms with Crippen LogP contribution < -0.4 is 10.6 Å². The van der Waals surface area contributed by atoms with Gasteiger partial charge in [-0.15, -0.1) is 0 Å².